The Balaban J connectivity index is 2.16. The normalized spacial score (nSPS) is 10.5. The van der Waals surface area contributed by atoms with E-state index in [0.29, 0.717) is 17.7 Å². The van der Waals surface area contributed by atoms with Gasteiger partial charge in [-0.1, -0.05) is 57.6 Å². The van der Waals surface area contributed by atoms with Gasteiger partial charge in [-0.15, -0.1) is 0 Å². The highest BCUT2D eigenvalue weighted by atomic mass is 16.1. The average molecular weight is 247 g/mol. The van der Waals surface area contributed by atoms with Crippen LogP contribution in [0.1, 0.15) is 68.6 Å². The van der Waals surface area contributed by atoms with Crippen molar-refractivity contribution in [1.29, 1.82) is 0 Å². The van der Waals surface area contributed by atoms with Crippen molar-refractivity contribution in [3.63, 3.8) is 0 Å². The van der Waals surface area contributed by atoms with E-state index in [2.05, 4.69) is 6.92 Å². The number of hydrogen-bond acceptors (Lipinski definition) is 2. The molecule has 1 aromatic carbocycles. The van der Waals surface area contributed by atoms with Crippen molar-refractivity contribution in [2.24, 2.45) is 0 Å². The second kappa shape index (κ2) is 8.73. The van der Waals surface area contributed by atoms with E-state index in [1.807, 2.05) is 18.2 Å². The Labute approximate surface area is 111 Å². The molecule has 100 valence electrons. The predicted molar refractivity (Wildman–Crippen MR) is 77.8 cm³/mol. The number of rotatable bonds is 9. The van der Waals surface area contributed by atoms with Gasteiger partial charge >= 0.3 is 0 Å². The fourth-order valence-corrected chi connectivity index (χ4v) is 2.13. The van der Waals surface area contributed by atoms with Crippen LogP contribution in [0.2, 0.25) is 0 Å². The SMILES string of the molecule is CCCCCCCCCC(=O)c1ccccc1N. The van der Waals surface area contributed by atoms with Gasteiger partial charge in [-0.05, 0) is 18.6 Å². The number of Topliss-reactive ketones (excluding diaryl/α,β-unsaturated/α-hetero) is 1. The fraction of sp³-hybridized carbons (Fsp3) is 0.562. The average Bonchev–Trinajstić information content (AvgIpc) is 2.38. The van der Waals surface area contributed by atoms with Gasteiger partial charge in [0.2, 0.25) is 0 Å². The standard InChI is InChI=1S/C16H25NO/c1-2-3-4-5-6-7-8-13-16(18)14-11-9-10-12-15(14)17/h9-12H,2-8,13,17H2,1H3. The summed E-state index contributed by atoms with van der Waals surface area (Å²) in [6.45, 7) is 2.23. The first-order valence-corrected chi connectivity index (χ1v) is 7.13. The Hall–Kier alpha value is -1.31. The predicted octanol–water partition coefficient (Wildman–Crippen LogP) is 4.59. The largest absolute Gasteiger partial charge is 0.398 e. The summed E-state index contributed by atoms with van der Waals surface area (Å²) in [4.78, 5) is 11.9. The molecule has 0 saturated carbocycles. The minimum atomic E-state index is 0.182. The molecule has 0 fully saturated rings. The van der Waals surface area contributed by atoms with E-state index in [9.17, 15) is 4.79 Å². The van der Waals surface area contributed by atoms with Gasteiger partial charge in [0.15, 0.2) is 5.78 Å². The van der Waals surface area contributed by atoms with Gasteiger partial charge in [0.1, 0.15) is 0 Å². The molecule has 0 radical (unpaired) electrons. The molecule has 1 rings (SSSR count). The Morgan fingerprint density at radius 1 is 1.00 bits per heavy atom. The van der Waals surface area contributed by atoms with Crippen LogP contribution in [0.25, 0.3) is 0 Å². The van der Waals surface area contributed by atoms with Gasteiger partial charge in [-0.2, -0.15) is 0 Å². The van der Waals surface area contributed by atoms with Crippen molar-refractivity contribution in [2.45, 2.75) is 58.3 Å². The lowest BCUT2D eigenvalue weighted by atomic mass is 10.0. The van der Waals surface area contributed by atoms with E-state index >= 15 is 0 Å². The highest BCUT2D eigenvalue weighted by molar-refractivity contribution is 6.00. The second-order valence-electron chi connectivity index (χ2n) is 4.88. The molecule has 0 saturated heterocycles. The molecule has 0 bridgehead atoms. The number of nitrogen functional groups attached to an aromatic ring is 1. The lowest BCUT2D eigenvalue weighted by Crippen LogP contribution is -2.03. The van der Waals surface area contributed by atoms with E-state index < -0.39 is 0 Å². The number of carbonyl (C=O) groups is 1. The fourth-order valence-electron chi connectivity index (χ4n) is 2.13. The second-order valence-corrected chi connectivity index (χ2v) is 4.88. The summed E-state index contributed by atoms with van der Waals surface area (Å²) < 4.78 is 0. The third kappa shape index (κ3) is 5.35. The van der Waals surface area contributed by atoms with Crippen LogP contribution < -0.4 is 5.73 Å². The Morgan fingerprint density at radius 2 is 1.61 bits per heavy atom. The van der Waals surface area contributed by atoms with E-state index in [1.165, 1.54) is 32.1 Å². The number of carbonyl (C=O) groups excluding carboxylic acids is 1. The quantitative estimate of drug-likeness (QED) is 0.394. The maximum absolute atomic E-state index is 11.9. The molecule has 2 nitrogen and oxygen atoms in total. The molecule has 0 amide bonds. The number of hydrogen-bond donors (Lipinski definition) is 1. The first kappa shape index (κ1) is 14.7. The summed E-state index contributed by atoms with van der Waals surface area (Å²) in [6.07, 6.45) is 9.26. The third-order valence-corrected chi connectivity index (χ3v) is 3.27. The zero-order valence-electron chi connectivity index (χ0n) is 11.5. The van der Waals surface area contributed by atoms with E-state index in [4.69, 9.17) is 5.73 Å². The molecular weight excluding hydrogens is 222 g/mol. The lowest BCUT2D eigenvalue weighted by molar-refractivity contribution is 0.0980. The van der Waals surface area contributed by atoms with Crippen LogP contribution in [0.4, 0.5) is 5.69 Å². The maximum Gasteiger partial charge on any atom is 0.164 e. The molecule has 2 heteroatoms. The van der Waals surface area contributed by atoms with Gasteiger partial charge in [0, 0.05) is 17.7 Å². The summed E-state index contributed by atoms with van der Waals surface area (Å²) in [6, 6.07) is 7.34. The molecule has 0 aliphatic carbocycles. The van der Waals surface area contributed by atoms with Crippen molar-refractivity contribution in [2.75, 3.05) is 5.73 Å². The zero-order valence-corrected chi connectivity index (χ0v) is 11.5. The topological polar surface area (TPSA) is 43.1 Å². The summed E-state index contributed by atoms with van der Waals surface area (Å²) in [5.41, 5.74) is 7.07. The molecular formula is C16H25NO. The highest BCUT2D eigenvalue weighted by Crippen LogP contribution is 2.15. The van der Waals surface area contributed by atoms with Crippen LogP contribution >= 0.6 is 0 Å². The molecule has 2 N–H and O–H groups in total. The highest BCUT2D eigenvalue weighted by Gasteiger charge is 2.07. The molecule has 1 aromatic rings. The molecule has 0 aromatic heterocycles. The van der Waals surface area contributed by atoms with Crippen LogP contribution in [0, 0.1) is 0 Å². The van der Waals surface area contributed by atoms with E-state index in [0.717, 1.165) is 12.8 Å². The van der Waals surface area contributed by atoms with Gasteiger partial charge < -0.3 is 5.73 Å². The van der Waals surface area contributed by atoms with Crippen molar-refractivity contribution < 1.29 is 4.79 Å². The smallest absolute Gasteiger partial charge is 0.164 e. The van der Waals surface area contributed by atoms with Crippen LogP contribution in [-0.2, 0) is 0 Å². The van der Waals surface area contributed by atoms with Gasteiger partial charge in [0.25, 0.3) is 0 Å². The summed E-state index contributed by atoms with van der Waals surface area (Å²) in [7, 11) is 0. The lowest BCUT2D eigenvalue weighted by Gasteiger charge is -2.04. The Kier molecular flexibility index (Phi) is 7.16. The van der Waals surface area contributed by atoms with E-state index in [-0.39, 0.29) is 5.78 Å². The molecule has 0 aliphatic rings. The molecule has 0 aliphatic heterocycles. The molecule has 0 heterocycles. The van der Waals surface area contributed by atoms with Crippen LogP contribution in [0.15, 0.2) is 24.3 Å². The molecule has 0 atom stereocenters. The molecule has 18 heavy (non-hydrogen) atoms. The van der Waals surface area contributed by atoms with Crippen molar-refractivity contribution in [3.8, 4) is 0 Å². The van der Waals surface area contributed by atoms with Crippen LogP contribution in [0.3, 0.4) is 0 Å². The minimum Gasteiger partial charge on any atom is -0.398 e. The van der Waals surface area contributed by atoms with Gasteiger partial charge in [-0.25, -0.2) is 0 Å². The Morgan fingerprint density at radius 3 is 2.28 bits per heavy atom. The number of ketones is 1. The summed E-state index contributed by atoms with van der Waals surface area (Å²) >= 11 is 0. The summed E-state index contributed by atoms with van der Waals surface area (Å²) in [5.74, 6) is 0.182. The zero-order chi connectivity index (χ0) is 13.2. The van der Waals surface area contributed by atoms with E-state index in [1.54, 1.807) is 6.07 Å². The van der Waals surface area contributed by atoms with Gasteiger partial charge in [-0.3, -0.25) is 4.79 Å². The number of unbranched alkanes of at least 4 members (excludes halogenated alkanes) is 6. The van der Waals surface area contributed by atoms with Crippen molar-refractivity contribution in [3.05, 3.63) is 29.8 Å². The number of anilines is 1. The molecule has 0 unspecified atom stereocenters. The number of benzene rings is 1. The minimum absolute atomic E-state index is 0.182. The summed E-state index contributed by atoms with van der Waals surface area (Å²) in [5, 5.41) is 0. The monoisotopic (exact) mass is 247 g/mol. The number of nitrogens with two attached hydrogens (primary N) is 1. The van der Waals surface area contributed by atoms with Crippen molar-refractivity contribution in [1.82, 2.24) is 0 Å². The van der Waals surface area contributed by atoms with Gasteiger partial charge in [0.05, 0.1) is 0 Å². The third-order valence-electron chi connectivity index (χ3n) is 3.27. The first-order valence-electron chi connectivity index (χ1n) is 7.13. The first-order chi connectivity index (χ1) is 8.75. The maximum atomic E-state index is 11.9. The van der Waals surface area contributed by atoms with Crippen molar-refractivity contribution >= 4 is 11.5 Å². The number of para-hydroxylation sites is 1. The molecule has 0 spiro atoms. The van der Waals surface area contributed by atoms with Crippen LogP contribution in [-0.4, -0.2) is 5.78 Å². The Bertz CT molecular complexity index is 360. The van der Waals surface area contributed by atoms with Crippen LogP contribution in [0.5, 0.6) is 0 Å².